The fourth-order valence-electron chi connectivity index (χ4n) is 4.57. The summed E-state index contributed by atoms with van der Waals surface area (Å²) in [6.45, 7) is 5.13. The summed E-state index contributed by atoms with van der Waals surface area (Å²) in [5, 5.41) is 21.0. The summed E-state index contributed by atoms with van der Waals surface area (Å²) >= 11 is 0. The molecule has 0 aromatic heterocycles. The number of phenolic OH excluding ortho intramolecular Hbond substituents is 1. The molecule has 0 radical (unpaired) electrons. The van der Waals surface area contributed by atoms with Gasteiger partial charge in [0.15, 0.2) is 0 Å². The first-order chi connectivity index (χ1) is 17.2. The highest BCUT2D eigenvalue weighted by Gasteiger charge is 2.37. The van der Waals surface area contributed by atoms with Crippen LogP contribution in [0.1, 0.15) is 46.9 Å². The molecule has 1 atom stereocenters. The minimum Gasteiger partial charge on any atom is -0.508 e. The number of rotatable bonds is 7. The first-order valence-corrected chi connectivity index (χ1v) is 13.1. The Morgan fingerprint density at radius 1 is 1.06 bits per heavy atom. The zero-order valence-electron chi connectivity index (χ0n) is 20.0. The molecule has 1 aliphatic rings. The number of nitrogens with zero attached hydrogens (tertiary/aromatic N) is 3. The predicted octanol–water partition coefficient (Wildman–Crippen LogP) is 4.12. The monoisotopic (exact) mass is 509 g/mol. The van der Waals surface area contributed by atoms with Crippen molar-refractivity contribution in [1.82, 2.24) is 9.21 Å². The Bertz CT molecular complexity index is 1380. The van der Waals surface area contributed by atoms with E-state index in [4.69, 9.17) is 0 Å². The van der Waals surface area contributed by atoms with E-state index >= 15 is 0 Å². The van der Waals surface area contributed by atoms with Crippen molar-refractivity contribution in [1.29, 1.82) is 0 Å². The van der Waals surface area contributed by atoms with E-state index < -0.39 is 21.0 Å². The van der Waals surface area contributed by atoms with Crippen molar-refractivity contribution in [2.45, 2.75) is 31.2 Å². The van der Waals surface area contributed by atoms with Crippen LogP contribution in [0.5, 0.6) is 5.75 Å². The molecule has 1 N–H and O–H groups in total. The van der Waals surface area contributed by atoms with Crippen LogP contribution in [0.3, 0.4) is 0 Å². The lowest BCUT2D eigenvalue weighted by Crippen LogP contribution is -2.40. The molecule has 3 aromatic carbocycles. The summed E-state index contributed by atoms with van der Waals surface area (Å²) < 4.78 is 28.8. The molecule has 3 aromatic rings. The summed E-state index contributed by atoms with van der Waals surface area (Å²) in [5.41, 5.74) is 2.54. The molecule has 0 saturated carbocycles. The third-order valence-electron chi connectivity index (χ3n) is 6.49. The molecule has 188 valence electrons. The summed E-state index contributed by atoms with van der Waals surface area (Å²) in [5.74, 6) is -0.00443. The van der Waals surface area contributed by atoms with Crippen molar-refractivity contribution < 1.29 is 23.2 Å². The molecule has 1 amide bonds. The maximum absolute atomic E-state index is 13.7. The quantitative estimate of drug-likeness (QED) is 0.378. The van der Waals surface area contributed by atoms with Gasteiger partial charge in [-0.2, -0.15) is 4.31 Å². The van der Waals surface area contributed by atoms with Crippen molar-refractivity contribution >= 4 is 21.6 Å². The third kappa shape index (κ3) is 4.69. The summed E-state index contributed by atoms with van der Waals surface area (Å²) in [4.78, 5) is 24.9. The van der Waals surface area contributed by atoms with E-state index in [0.29, 0.717) is 30.6 Å². The van der Waals surface area contributed by atoms with Crippen LogP contribution in [-0.2, 0) is 16.4 Å². The Kier molecular flexibility index (Phi) is 7.09. The van der Waals surface area contributed by atoms with Crippen LogP contribution in [0.4, 0.5) is 5.69 Å². The summed E-state index contributed by atoms with van der Waals surface area (Å²) in [7, 11) is -4.03. The maximum Gasteiger partial charge on any atom is 0.269 e. The van der Waals surface area contributed by atoms with Crippen molar-refractivity contribution in [3.63, 3.8) is 0 Å². The van der Waals surface area contributed by atoms with E-state index in [1.807, 2.05) is 13.8 Å². The lowest BCUT2D eigenvalue weighted by molar-refractivity contribution is -0.384. The van der Waals surface area contributed by atoms with E-state index in [-0.39, 0.29) is 28.8 Å². The largest absolute Gasteiger partial charge is 0.508 e. The van der Waals surface area contributed by atoms with Gasteiger partial charge >= 0.3 is 0 Å². The van der Waals surface area contributed by atoms with Gasteiger partial charge in [0.2, 0.25) is 10.0 Å². The zero-order valence-corrected chi connectivity index (χ0v) is 20.8. The molecule has 4 rings (SSSR count). The number of aromatic hydroxyl groups is 1. The lowest BCUT2D eigenvalue weighted by Gasteiger charge is -2.37. The van der Waals surface area contributed by atoms with Gasteiger partial charge < -0.3 is 10.0 Å². The van der Waals surface area contributed by atoms with Crippen LogP contribution in [0.25, 0.3) is 0 Å². The highest BCUT2D eigenvalue weighted by atomic mass is 32.2. The van der Waals surface area contributed by atoms with Gasteiger partial charge in [0.25, 0.3) is 11.6 Å². The minimum atomic E-state index is -4.03. The summed E-state index contributed by atoms with van der Waals surface area (Å²) in [6, 6.07) is 15.9. The molecule has 1 heterocycles. The number of nitro groups is 1. The molecule has 0 fully saturated rings. The first kappa shape index (κ1) is 25.3. The molecule has 0 saturated heterocycles. The minimum absolute atomic E-state index is 0.0475. The number of carbonyl (C=O) groups excluding carboxylic acids is 1. The third-order valence-corrected chi connectivity index (χ3v) is 8.37. The Balaban J connectivity index is 1.78. The van der Waals surface area contributed by atoms with Crippen molar-refractivity contribution in [2.24, 2.45) is 0 Å². The molecule has 0 bridgehead atoms. The van der Waals surface area contributed by atoms with Crippen molar-refractivity contribution in [2.75, 3.05) is 19.6 Å². The smallest absolute Gasteiger partial charge is 0.269 e. The van der Waals surface area contributed by atoms with Crippen molar-refractivity contribution in [3.8, 4) is 5.75 Å². The molecular formula is C26H27N3O6S. The van der Waals surface area contributed by atoms with Crippen LogP contribution >= 0.6 is 0 Å². The van der Waals surface area contributed by atoms with Crippen molar-refractivity contribution in [3.05, 3.63) is 99.1 Å². The standard InChI is InChI=1S/C26H27N3O6S/c1-3-27(4-2)26(31)19-7-5-18(6-8-19)25-24-14-11-22(30)17-20(24)15-16-28(25)36(34,35)23-12-9-21(10-13-23)29(32)33/h5-14,17,25,30H,3-4,15-16H2,1-2H3. The van der Waals surface area contributed by atoms with Crippen LogP contribution in [0.2, 0.25) is 0 Å². The van der Waals surface area contributed by atoms with Crippen LogP contribution in [0, 0.1) is 10.1 Å². The topological polar surface area (TPSA) is 121 Å². The van der Waals surface area contributed by atoms with Crippen LogP contribution in [-0.4, -0.2) is 53.2 Å². The fraction of sp³-hybridized carbons (Fsp3) is 0.269. The molecular weight excluding hydrogens is 482 g/mol. The van der Waals surface area contributed by atoms with Gasteiger partial charge in [0.1, 0.15) is 5.75 Å². The molecule has 0 spiro atoms. The van der Waals surface area contributed by atoms with E-state index in [1.165, 1.54) is 34.6 Å². The SMILES string of the molecule is CCN(CC)C(=O)c1ccc(C2c3ccc(O)cc3CCN2S(=O)(=O)c2ccc([N+](=O)[O-])cc2)cc1. The maximum atomic E-state index is 13.7. The van der Waals surface area contributed by atoms with Gasteiger partial charge in [-0.3, -0.25) is 14.9 Å². The van der Waals surface area contributed by atoms with E-state index in [9.17, 15) is 28.4 Å². The van der Waals surface area contributed by atoms with Gasteiger partial charge in [0, 0.05) is 37.3 Å². The van der Waals surface area contributed by atoms with Gasteiger partial charge in [0.05, 0.1) is 15.9 Å². The molecule has 1 aliphatic heterocycles. The first-order valence-electron chi connectivity index (χ1n) is 11.6. The van der Waals surface area contributed by atoms with E-state index in [1.54, 1.807) is 41.3 Å². The average Bonchev–Trinajstić information content (AvgIpc) is 2.88. The summed E-state index contributed by atoms with van der Waals surface area (Å²) in [6.07, 6.45) is 0.394. The van der Waals surface area contributed by atoms with E-state index in [0.717, 1.165) is 11.1 Å². The Morgan fingerprint density at radius 2 is 1.69 bits per heavy atom. The fourth-order valence-corrected chi connectivity index (χ4v) is 6.17. The normalized spacial score (nSPS) is 15.8. The Morgan fingerprint density at radius 3 is 2.28 bits per heavy atom. The second-order valence-corrected chi connectivity index (χ2v) is 10.4. The molecule has 0 aliphatic carbocycles. The van der Waals surface area contributed by atoms with Gasteiger partial charge in [-0.05, 0) is 73.4 Å². The number of amides is 1. The van der Waals surface area contributed by atoms with Crippen LogP contribution in [0.15, 0.2) is 71.6 Å². The number of hydrogen-bond donors (Lipinski definition) is 1. The number of fused-ring (bicyclic) bond motifs is 1. The molecule has 9 nitrogen and oxygen atoms in total. The van der Waals surface area contributed by atoms with Gasteiger partial charge in [-0.15, -0.1) is 0 Å². The molecule has 36 heavy (non-hydrogen) atoms. The number of carbonyl (C=O) groups is 1. The van der Waals surface area contributed by atoms with Crippen LogP contribution < -0.4 is 0 Å². The highest BCUT2D eigenvalue weighted by molar-refractivity contribution is 7.89. The van der Waals surface area contributed by atoms with E-state index in [2.05, 4.69) is 0 Å². The molecule has 1 unspecified atom stereocenters. The van der Waals surface area contributed by atoms with Gasteiger partial charge in [-0.25, -0.2) is 8.42 Å². The zero-order chi connectivity index (χ0) is 26.0. The lowest BCUT2D eigenvalue weighted by atomic mass is 9.89. The Labute approximate surface area is 209 Å². The van der Waals surface area contributed by atoms with Gasteiger partial charge in [-0.1, -0.05) is 18.2 Å². The number of benzene rings is 3. The number of phenols is 1. The predicted molar refractivity (Wildman–Crippen MR) is 134 cm³/mol. The second kappa shape index (κ2) is 10.1. The Hall–Kier alpha value is -3.76. The highest BCUT2D eigenvalue weighted by Crippen LogP contribution is 2.40. The number of hydrogen-bond acceptors (Lipinski definition) is 6. The number of nitro benzene ring substituents is 1. The average molecular weight is 510 g/mol. The number of sulfonamides is 1. The number of non-ortho nitro benzene ring substituents is 1. The second-order valence-electron chi connectivity index (χ2n) is 8.50. The molecule has 10 heteroatoms.